The molecule has 8 heteroatoms. The van der Waals surface area contributed by atoms with Gasteiger partial charge in [-0.2, -0.15) is 10.2 Å². The molecule has 1 heterocycles. The second kappa shape index (κ2) is 10.1. The molecule has 0 fully saturated rings. The van der Waals surface area contributed by atoms with Crippen molar-refractivity contribution in [3.8, 4) is 0 Å². The summed E-state index contributed by atoms with van der Waals surface area (Å²) < 4.78 is 11.7. The van der Waals surface area contributed by atoms with E-state index in [0.717, 1.165) is 3.57 Å². The second-order valence-corrected chi connectivity index (χ2v) is 7.37. The molecule has 1 aliphatic rings. The van der Waals surface area contributed by atoms with Crippen LogP contribution in [-0.4, -0.2) is 31.1 Å². The van der Waals surface area contributed by atoms with Gasteiger partial charge in [-0.05, 0) is 65.9 Å². The molecule has 3 rings (SSSR count). The Morgan fingerprint density at radius 2 is 1.90 bits per heavy atom. The summed E-state index contributed by atoms with van der Waals surface area (Å²) in [5.74, 6) is -0.899. The largest absolute Gasteiger partial charge is 0.488 e. The molecule has 1 N–H and O–H groups in total. The van der Waals surface area contributed by atoms with Crippen LogP contribution in [0.3, 0.4) is 0 Å². The van der Waals surface area contributed by atoms with E-state index < -0.39 is 17.9 Å². The highest BCUT2D eigenvalue weighted by atomic mass is 127. The van der Waals surface area contributed by atoms with Gasteiger partial charge in [-0.25, -0.2) is 4.79 Å². The van der Waals surface area contributed by atoms with Crippen molar-refractivity contribution < 1.29 is 19.1 Å². The molecule has 0 radical (unpaired) electrons. The fraction of sp³-hybridized carbons (Fsp3) is 0.238. The predicted molar refractivity (Wildman–Crippen MR) is 117 cm³/mol. The monoisotopic (exact) mass is 505 g/mol. The topological polar surface area (TPSA) is 89.4 Å². The average molecular weight is 505 g/mol. The number of carbonyl (C=O) groups is 2. The van der Waals surface area contributed by atoms with Crippen molar-refractivity contribution in [1.82, 2.24) is 0 Å². The minimum absolute atomic E-state index is 0.0913. The number of nitrogens with one attached hydrogen (secondary N) is 1. The van der Waals surface area contributed by atoms with Crippen molar-refractivity contribution in [1.29, 1.82) is 0 Å². The zero-order valence-electron chi connectivity index (χ0n) is 15.8. The maximum absolute atomic E-state index is 12.7. The molecule has 2 aromatic carbocycles. The molecular formula is C21H20IN3O4. The van der Waals surface area contributed by atoms with Gasteiger partial charge in [0.05, 0.1) is 18.9 Å². The van der Waals surface area contributed by atoms with E-state index in [9.17, 15) is 9.59 Å². The number of benzene rings is 2. The maximum Gasteiger partial charge on any atom is 0.337 e. The number of esters is 1. The van der Waals surface area contributed by atoms with Crippen molar-refractivity contribution in [2.45, 2.75) is 19.4 Å². The Morgan fingerprint density at radius 1 is 1.17 bits per heavy atom. The van der Waals surface area contributed by atoms with Crippen LogP contribution in [0.15, 0.2) is 76.2 Å². The predicted octanol–water partition coefficient (Wildman–Crippen LogP) is 4.62. The lowest BCUT2D eigenvalue weighted by Gasteiger charge is -2.13. The third-order valence-corrected chi connectivity index (χ3v) is 4.82. The number of halogens is 1. The summed E-state index contributed by atoms with van der Waals surface area (Å²) >= 11 is 2.19. The zero-order chi connectivity index (χ0) is 20.6. The van der Waals surface area contributed by atoms with Crippen molar-refractivity contribution in [2.24, 2.45) is 10.2 Å². The average Bonchev–Trinajstić information content (AvgIpc) is 3.20. The molecule has 0 spiro atoms. The van der Waals surface area contributed by atoms with Gasteiger partial charge in [0.15, 0.2) is 11.8 Å². The Balaban J connectivity index is 1.87. The van der Waals surface area contributed by atoms with Gasteiger partial charge in [-0.3, -0.25) is 4.79 Å². The van der Waals surface area contributed by atoms with Gasteiger partial charge in [0.2, 0.25) is 0 Å². The van der Waals surface area contributed by atoms with Crippen LogP contribution in [0.1, 0.15) is 13.3 Å². The summed E-state index contributed by atoms with van der Waals surface area (Å²) in [7, 11) is 0. The first-order chi connectivity index (χ1) is 14.1. The van der Waals surface area contributed by atoms with Crippen LogP contribution in [0.2, 0.25) is 0 Å². The first-order valence-corrected chi connectivity index (χ1v) is 10.2. The summed E-state index contributed by atoms with van der Waals surface area (Å²) in [5, 5.41) is 11.1. The fourth-order valence-corrected chi connectivity index (χ4v) is 3.12. The third kappa shape index (κ3) is 5.63. The highest BCUT2D eigenvalue weighted by molar-refractivity contribution is 14.1. The SMILES string of the molecule is CCOC(=O)C(N=Nc1ccccc1)C1=C(C(=O)Nc2ccc(I)cc2)OCC1. The number of carbonyl (C=O) groups excluding carboxylic acids is 2. The summed E-state index contributed by atoms with van der Waals surface area (Å²) in [5.41, 5.74) is 1.70. The van der Waals surface area contributed by atoms with Crippen molar-refractivity contribution in [2.75, 3.05) is 18.5 Å². The summed E-state index contributed by atoms with van der Waals surface area (Å²) in [4.78, 5) is 25.3. The van der Waals surface area contributed by atoms with E-state index in [0.29, 0.717) is 30.0 Å². The molecule has 0 aliphatic carbocycles. The molecule has 1 amide bonds. The number of rotatable bonds is 7. The highest BCUT2D eigenvalue weighted by Gasteiger charge is 2.34. The Morgan fingerprint density at radius 3 is 2.59 bits per heavy atom. The zero-order valence-corrected chi connectivity index (χ0v) is 18.0. The molecule has 1 unspecified atom stereocenters. The number of hydrogen-bond donors (Lipinski definition) is 1. The van der Waals surface area contributed by atoms with Crippen LogP contribution in [-0.2, 0) is 19.1 Å². The normalized spacial score (nSPS) is 14.6. The maximum atomic E-state index is 12.7. The van der Waals surface area contributed by atoms with E-state index >= 15 is 0 Å². The molecule has 7 nitrogen and oxygen atoms in total. The Labute approximate surface area is 182 Å². The number of azo groups is 1. The van der Waals surface area contributed by atoms with E-state index in [2.05, 4.69) is 38.1 Å². The minimum Gasteiger partial charge on any atom is -0.488 e. The van der Waals surface area contributed by atoms with Crippen LogP contribution >= 0.6 is 22.6 Å². The molecule has 1 aliphatic heterocycles. The molecule has 2 aromatic rings. The lowest BCUT2D eigenvalue weighted by molar-refractivity contribution is -0.143. The molecule has 0 saturated carbocycles. The van der Waals surface area contributed by atoms with Crippen LogP contribution in [0.25, 0.3) is 0 Å². The molecule has 0 aromatic heterocycles. The van der Waals surface area contributed by atoms with Crippen molar-refractivity contribution in [3.63, 3.8) is 0 Å². The van der Waals surface area contributed by atoms with Crippen LogP contribution in [0.4, 0.5) is 11.4 Å². The molecular weight excluding hydrogens is 485 g/mol. The van der Waals surface area contributed by atoms with Crippen LogP contribution in [0, 0.1) is 3.57 Å². The van der Waals surface area contributed by atoms with Crippen molar-refractivity contribution >= 4 is 45.8 Å². The van der Waals surface area contributed by atoms with Gasteiger partial charge in [0.1, 0.15) is 0 Å². The Kier molecular flexibility index (Phi) is 7.34. The lowest BCUT2D eigenvalue weighted by Crippen LogP contribution is -2.26. The van der Waals surface area contributed by atoms with E-state index in [1.165, 1.54) is 0 Å². The van der Waals surface area contributed by atoms with Gasteiger partial charge < -0.3 is 14.8 Å². The van der Waals surface area contributed by atoms with Gasteiger partial charge in [-0.1, -0.05) is 18.2 Å². The van der Waals surface area contributed by atoms with Gasteiger partial charge in [0.25, 0.3) is 5.91 Å². The number of nitrogens with zero attached hydrogens (tertiary/aromatic N) is 2. The summed E-state index contributed by atoms with van der Waals surface area (Å²) in [6, 6.07) is 15.4. The first kappa shape index (κ1) is 21.0. The summed E-state index contributed by atoms with van der Waals surface area (Å²) in [6.45, 7) is 2.21. The van der Waals surface area contributed by atoms with Gasteiger partial charge in [0, 0.05) is 21.3 Å². The van der Waals surface area contributed by atoms with E-state index in [1.807, 2.05) is 30.3 Å². The molecule has 0 saturated heterocycles. The molecule has 29 heavy (non-hydrogen) atoms. The summed E-state index contributed by atoms with van der Waals surface area (Å²) in [6.07, 6.45) is 0.396. The van der Waals surface area contributed by atoms with E-state index in [1.54, 1.807) is 31.2 Å². The van der Waals surface area contributed by atoms with Crippen LogP contribution in [0.5, 0.6) is 0 Å². The molecule has 150 valence electrons. The van der Waals surface area contributed by atoms with Crippen molar-refractivity contribution in [3.05, 3.63) is 69.5 Å². The Bertz CT molecular complexity index is 927. The number of ether oxygens (including phenoxy) is 2. The highest BCUT2D eigenvalue weighted by Crippen LogP contribution is 2.27. The second-order valence-electron chi connectivity index (χ2n) is 6.12. The quantitative estimate of drug-likeness (QED) is 0.338. The number of anilines is 1. The molecule has 0 bridgehead atoms. The van der Waals surface area contributed by atoms with E-state index in [-0.39, 0.29) is 12.4 Å². The standard InChI is InChI=1S/C21H20IN3O4/c1-2-28-21(27)18(25-24-16-6-4-3-5-7-16)17-12-13-29-19(17)20(26)23-15-10-8-14(22)9-11-15/h3-11,18H,2,12-13H2,1H3,(H,23,26). The van der Waals surface area contributed by atoms with Gasteiger partial charge >= 0.3 is 5.97 Å². The third-order valence-electron chi connectivity index (χ3n) is 4.10. The van der Waals surface area contributed by atoms with Crippen LogP contribution < -0.4 is 5.32 Å². The minimum atomic E-state index is -1.03. The van der Waals surface area contributed by atoms with E-state index in [4.69, 9.17) is 9.47 Å². The smallest absolute Gasteiger partial charge is 0.337 e. The Hall–Kier alpha value is -2.75. The fourth-order valence-electron chi connectivity index (χ4n) is 2.76. The molecule has 1 atom stereocenters. The first-order valence-electron chi connectivity index (χ1n) is 9.13. The lowest BCUT2D eigenvalue weighted by atomic mass is 10.0. The van der Waals surface area contributed by atoms with Gasteiger partial charge in [-0.15, -0.1) is 0 Å². The number of hydrogen-bond acceptors (Lipinski definition) is 6. The number of amides is 1.